The molecule has 0 amide bonds. The van der Waals surface area contributed by atoms with Crippen molar-refractivity contribution < 1.29 is 8.78 Å². The highest BCUT2D eigenvalue weighted by molar-refractivity contribution is 14.1. The van der Waals surface area contributed by atoms with E-state index in [0.717, 1.165) is 10.4 Å². The summed E-state index contributed by atoms with van der Waals surface area (Å²) in [6, 6.07) is 1.80. The van der Waals surface area contributed by atoms with Crippen molar-refractivity contribution in [1.29, 1.82) is 0 Å². The molecular weight excluding hydrogens is 365 g/mol. The first kappa shape index (κ1) is 15.3. The van der Waals surface area contributed by atoms with Gasteiger partial charge in [0, 0.05) is 0 Å². The van der Waals surface area contributed by atoms with Gasteiger partial charge in [-0.1, -0.05) is 45.3 Å². The molecule has 0 spiro atoms. The van der Waals surface area contributed by atoms with Crippen molar-refractivity contribution in [2.75, 3.05) is 0 Å². The standard InChI is InChI=1S/C12H19F2ISi2/c1-16(2,3)8-7-9(17(4,5)6)11(14)12(15)10(8)13/h7H,1-6H3. The zero-order valence-electron chi connectivity index (χ0n) is 11.2. The number of rotatable bonds is 2. The summed E-state index contributed by atoms with van der Waals surface area (Å²) >= 11 is 1.79. The minimum atomic E-state index is -1.77. The molecule has 0 saturated heterocycles. The van der Waals surface area contributed by atoms with E-state index >= 15 is 0 Å². The largest absolute Gasteiger partial charge is 0.206 e. The van der Waals surface area contributed by atoms with Crippen LogP contribution in [-0.4, -0.2) is 16.1 Å². The minimum Gasteiger partial charge on any atom is -0.206 e. The first-order valence-corrected chi connectivity index (χ1v) is 13.7. The summed E-state index contributed by atoms with van der Waals surface area (Å²) in [6.07, 6.45) is 0. The molecule has 0 saturated carbocycles. The Kier molecular flexibility index (Phi) is 4.26. The lowest BCUT2D eigenvalue weighted by Gasteiger charge is -2.24. The van der Waals surface area contributed by atoms with Crippen molar-refractivity contribution in [3.05, 3.63) is 21.3 Å². The SMILES string of the molecule is C[Si](C)(C)c1cc([Si](C)(C)C)c(F)c(I)c1F. The molecule has 17 heavy (non-hydrogen) atoms. The minimum absolute atomic E-state index is 0.167. The molecule has 0 aliphatic rings. The van der Waals surface area contributed by atoms with Crippen molar-refractivity contribution in [3.63, 3.8) is 0 Å². The molecule has 0 heterocycles. The van der Waals surface area contributed by atoms with Gasteiger partial charge in [-0.15, -0.1) is 0 Å². The third kappa shape index (κ3) is 3.17. The Hall–Kier alpha value is 0.244. The lowest BCUT2D eigenvalue weighted by atomic mass is 10.3. The molecule has 5 heteroatoms. The van der Waals surface area contributed by atoms with E-state index in [1.807, 2.05) is 0 Å². The van der Waals surface area contributed by atoms with E-state index in [4.69, 9.17) is 0 Å². The Balaban J connectivity index is 3.63. The molecule has 0 bridgehead atoms. The normalized spacial score (nSPS) is 13.0. The van der Waals surface area contributed by atoms with Crippen LogP contribution < -0.4 is 10.4 Å². The Morgan fingerprint density at radius 1 is 0.824 bits per heavy atom. The maximum Gasteiger partial charge on any atom is 0.138 e. The molecule has 1 aromatic rings. The van der Waals surface area contributed by atoms with E-state index in [2.05, 4.69) is 39.3 Å². The second-order valence-electron chi connectivity index (χ2n) is 6.41. The summed E-state index contributed by atoms with van der Waals surface area (Å²) in [4.78, 5) is 0. The molecule has 96 valence electrons. The van der Waals surface area contributed by atoms with Gasteiger partial charge in [0.2, 0.25) is 0 Å². The van der Waals surface area contributed by atoms with E-state index in [9.17, 15) is 8.78 Å². The fraction of sp³-hybridized carbons (Fsp3) is 0.500. The van der Waals surface area contributed by atoms with Gasteiger partial charge in [0.25, 0.3) is 0 Å². The molecule has 0 aromatic heterocycles. The van der Waals surface area contributed by atoms with Crippen LogP contribution in [0.15, 0.2) is 6.07 Å². The average Bonchev–Trinajstić information content (AvgIpc) is 2.10. The van der Waals surface area contributed by atoms with Gasteiger partial charge in [-0.2, -0.15) is 0 Å². The highest BCUT2D eigenvalue weighted by Gasteiger charge is 2.30. The second kappa shape index (κ2) is 4.73. The summed E-state index contributed by atoms with van der Waals surface area (Å²) in [6.45, 7) is 12.5. The predicted octanol–water partition coefficient (Wildman–Crippen LogP) is 3.66. The molecular formula is C12H19F2ISi2. The Bertz CT molecular complexity index is 407. The van der Waals surface area contributed by atoms with Crippen LogP contribution in [0.2, 0.25) is 39.3 Å². The summed E-state index contributed by atoms with van der Waals surface area (Å²) in [5, 5.41) is 1.50. The third-order valence-corrected chi connectivity index (χ3v) is 7.67. The van der Waals surface area contributed by atoms with E-state index in [1.54, 1.807) is 28.7 Å². The van der Waals surface area contributed by atoms with E-state index in [-0.39, 0.29) is 15.2 Å². The first-order chi connectivity index (χ1) is 7.46. The topological polar surface area (TPSA) is 0 Å². The van der Waals surface area contributed by atoms with Crippen LogP contribution in [0.3, 0.4) is 0 Å². The highest BCUT2D eigenvalue weighted by Crippen LogP contribution is 2.18. The van der Waals surface area contributed by atoms with Crippen LogP contribution in [0, 0.1) is 15.2 Å². The van der Waals surface area contributed by atoms with Crippen molar-refractivity contribution in [3.8, 4) is 0 Å². The van der Waals surface area contributed by atoms with Crippen molar-refractivity contribution >= 4 is 49.1 Å². The van der Waals surface area contributed by atoms with Crippen molar-refractivity contribution in [2.45, 2.75) is 39.3 Å². The van der Waals surface area contributed by atoms with Crippen LogP contribution in [0.25, 0.3) is 0 Å². The van der Waals surface area contributed by atoms with Crippen LogP contribution in [0.4, 0.5) is 8.78 Å². The van der Waals surface area contributed by atoms with Gasteiger partial charge in [0.15, 0.2) is 0 Å². The third-order valence-electron chi connectivity index (χ3n) is 2.76. The Labute approximate surface area is 118 Å². The summed E-state index contributed by atoms with van der Waals surface area (Å²) in [5.41, 5.74) is 0. The van der Waals surface area contributed by atoms with E-state index in [1.165, 1.54) is 0 Å². The molecule has 0 unspecified atom stereocenters. The quantitative estimate of drug-likeness (QED) is 0.415. The van der Waals surface area contributed by atoms with E-state index in [0.29, 0.717) is 0 Å². The fourth-order valence-electron chi connectivity index (χ4n) is 1.70. The average molecular weight is 384 g/mol. The number of hydrogen-bond donors (Lipinski definition) is 0. The monoisotopic (exact) mass is 384 g/mol. The number of hydrogen-bond acceptors (Lipinski definition) is 0. The zero-order valence-corrected chi connectivity index (χ0v) is 15.4. The van der Waals surface area contributed by atoms with E-state index < -0.39 is 16.1 Å². The van der Waals surface area contributed by atoms with Gasteiger partial charge < -0.3 is 0 Å². The van der Waals surface area contributed by atoms with Gasteiger partial charge in [-0.25, -0.2) is 8.78 Å². The van der Waals surface area contributed by atoms with Gasteiger partial charge in [0.05, 0.1) is 19.7 Å². The maximum absolute atomic E-state index is 14.1. The smallest absolute Gasteiger partial charge is 0.138 e. The molecule has 0 atom stereocenters. The second-order valence-corrected chi connectivity index (χ2v) is 17.6. The maximum atomic E-state index is 14.1. The number of halogens is 3. The van der Waals surface area contributed by atoms with Crippen LogP contribution in [-0.2, 0) is 0 Å². The van der Waals surface area contributed by atoms with Gasteiger partial charge >= 0.3 is 0 Å². The molecule has 0 radical (unpaired) electrons. The Morgan fingerprint density at radius 2 is 1.12 bits per heavy atom. The first-order valence-electron chi connectivity index (χ1n) is 5.64. The van der Waals surface area contributed by atoms with Crippen LogP contribution >= 0.6 is 22.6 Å². The number of benzene rings is 1. The van der Waals surface area contributed by atoms with Gasteiger partial charge in [0.1, 0.15) is 11.6 Å². The van der Waals surface area contributed by atoms with Crippen LogP contribution in [0.1, 0.15) is 0 Å². The summed E-state index contributed by atoms with van der Waals surface area (Å²) < 4.78 is 28.4. The molecule has 0 aliphatic carbocycles. The molecule has 0 N–H and O–H groups in total. The molecule has 0 nitrogen and oxygen atoms in total. The summed E-state index contributed by atoms with van der Waals surface area (Å²) in [7, 11) is -3.53. The molecule has 0 aliphatic heterocycles. The van der Waals surface area contributed by atoms with Gasteiger partial charge in [-0.05, 0) is 33.0 Å². The lowest BCUT2D eigenvalue weighted by molar-refractivity contribution is 0.580. The predicted molar refractivity (Wildman–Crippen MR) is 85.0 cm³/mol. The molecule has 1 rings (SSSR count). The summed E-state index contributed by atoms with van der Waals surface area (Å²) in [5.74, 6) is -0.687. The van der Waals surface area contributed by atoms with Crippen molar-refractivity contribution in [2.24, 2.45) is 0 Å². The Morgan fingerprint density at radius 3 is 1.35 bits per heavy atom. The fourth-order valence-corrected chi connectivity index (χ4v) is 5.65. The highest BCUT2D eigenvalue weighted by atomic mass is 127. The lowest BCUT2D eigenvalue weighted by Crippen LogP contribution is -2.49. The van der Waals surface area contributed by atoms with Crippen molar-refractivity contribution in [1.82, 2.24) is 0 Å². The molecule has 0 fully saturated rings. The van der Waals surface area contributed by atoms with Gasteiger partial charge in [-0.3, -0.25) is 0 Å². The van der Waals surface area contributed by atoms with Crippen LogP contribution in [0.5, 0.6) is 0 Å². The zero-order chi connectivity index (χ0) is 13.6. The molecule has 1 aromatic carbocycles.